The highest BCUT2D eigenvalue weighted by atomic mass is 32.2. The highest BCUT2D eigenvalue weighted by molar-refractivity contribution is 8.00. The molecule has 3 aliphatic rings. The van der Waals surface area contributed by atoms with E-state index < -0.39 is 272 Å². The molecular formula is C92H117F3N18O20S. The van der Waals surface area contributed by atoms with Crippen molar-refractivity contribution in [2.45, 2.75) is 208 Å². The Labute approximate surface area is 775 Å². The van der Waals surface area contributed by atoms with Crippen molar-refractivity contribution >= 4 is 123 Å². The number of aliphatic hydroxyl groups is 1. The monoisotopic (exact) mass is 1880 g/mol. The lowest BCUT2D eigenvalue weighted by molar-refractivity contribution is -0.152. The Balaban J connectivity index is 1.14. The summed E-state index contributed by atoms with van der Waals surface area (Å²) >= 11 is 0.643. The first-order valence-electron chi connectivity index (χ1n) is 44.1. The van der Waals surface area contributed by atoms with Gasteiger partial charge >= 0.3 is 5.97 Å². The molecule has 5 aromatic carbocycles. The molecule has 0 saturated carbocycles. The molecule has 6 aromatic rings. The fourth-order valence-electron chi connectivity index (χ4n) is 16.4. The van der Waals surface area contributed by atoms with E-state index in [1.807, 2.05) is 0 Å². The average Bonchev–Trinajstić information content (AvgIpc) is 1.58. The summed E-state index contributed by atoms with van der Waals surface area (Å²) in [7, 11) is 3.67. The summed E-state index contributed by atoms with van der Waals surface area (Å²) in [5.74, 6) is -25.7. The Hall–Kier alpha value is -13.5. The molecule has 0 bridgehead atoms. The van der Waals surface area contributed by atoms with Crippen LogP contribution in [0.1, 0.15) is 119 Å². The second kappa shape index (κ2) is 49.3. The van der Waals surface area contributed by atoms with E-state index in [2.05, 4.69) is 52.8 Å². The summed E-state index contributed by atoms with van der Waals surface area (Å²) in [6.45, 7) is 3.23. The van der Waals surface area contributed by atoms with Crippen LogP contribution in [0.15, 0.2) is 128 Å². The van der Waals surface area contributed by atoms with Crippen LogP contribution >= 0.6 is 11.8 Å². The van der Waals surface area contributed by atoms with Crippen molar-refractivity contribution in [1.82, 2.24) is 77.3 Å². The van der Waals surface area contributed by atoms with Crippen LogP contribution in [-0.4, -0.2) is 289 Å². The van der Waals surface area contributed by atoms with Gasteiger partial charge < -0.3 is 110 Å². The molecule has 0 unspecified atom stereocenters. The second-order valence-corrected chi connectivity index (χ2v) is 35.0. The molecule has 38 nitrogen and oxygen atoms in total. The van der Waals surface area contributed by atoms with Gasteiger partial charge in [-0.25, -0.2) is 13.2 Å². The van der Waals surface area contributed by atoms with Crippen LogP contribution in [0, 0.1) is 23.4 Å². The molecule has 19 N–H and O–H groups in total. The molecule has 0 radical (unpaired) electrons. The molecule has 134 heavy (non-hydrogen) atoms. The number of primary amides is 2. The van der Waals surface area contributed by atoms with Gasteiger partial charge in [0.15, 0.2) is 17.5 Å². The smallest absolute Gasteiger partial charge is 0.305 e. The summed E-state index contributed by atoms with van der Waals surface area (Å²) < 4.78 is 45.1. The number of thioether (sulfide) groups is 1. The van der Waals surface area contributed by atoms with E-state index in [9.17, 15) is 58.1 Å². The van der Waals surface area contributed by atoms with Gasteiger partial charge in [0.05, 0.1) is 24.8 Å². The van der Waals surface area contributed by atoms with E-state index in [4.69, 9.17) is 17.2 Å². The number of nitrogens with one attached hydrogen (secondary N) is 10. The summed E-state index contributed by atoms with van der Waals surface area (Å²) in [5.41, 5.74) is 19.0. The van der Waals surface area contributed by atoms with Gasteiger partial charge in [-0.05, 0) is 109 Å². The Bertz CT molecular complexity index is 5210. The summed E-state index contributed by atoms with van der Waals surface area (Å²) in [6.07, 6.45) is -4.29. The quantitative estimate of drug-likeness (QED) is 0.0330. The molecule has 3 fully saturated rings. The van der Waals surface area contributed by atoms with E-state index in [0.29, 0.717) is 63.5 Å². The third-order valence-corrected chi connectivity index (χ3v) is 24.7. The lowest BCUT2D eigenvalue weighted by Crippen LogP contribution is -2.62. The van der Waals surface area contributed by atoms with Gasteiger partial charge in [0.2, 0.25) is 94.5 Å². The number of phenols is 1. The molecule has 16 amide bonds. The predicted molar refractivity (Wildman–Crippen MR) is 483 cm³/mol. The van der Waals surface area contributed by atoms with Gasteiger partial charge in [-0.2, -0.15) is 0 Å². The first-order valence-corrected chi connectivity index (χ1v) is 45.3. The third-order valence-electron chi connectivity index (χ3n) is 23.7. The van der Waals surface area contributed by atoms with Crippen LogP contribution < -0.4 is 65.1 Å². The van der Waals surface area contributed by atoms with Crippen LogP contribution in [0.5, 0.6) is 5.75 Å². The maximum atomic E-state index is 15.7. The Morgan fingerprint density at radius 3 is 1.71 bits per heavy atom. The lowest BCUT2D eigenvalue weighted by atomic mass is 9.98. The number of para-hydroxylation sites is 1. The Morgan fingerprint density at radius 1 is 0.537 bits per heavy atom. The minimum atomic E-state index is -1.98. The fourth-order valence-corrected chi connectivity index (χ4v) is 17.2. The SMILES string of the molecule is CCCC[C@H]1C(=O)N2CCC[C@@H]2C(=O)N[C@@H](CC(=O)O)C(=O)N[C@@H](C(C)C)C(=O)N(C)[C@@H](Cc2ccccc2)C(=O)N[C@@H](CCC(N)=O)C(=O)N2C[C@H](O)C[C@H]2C(=O)N[C@@H](Cc2c[nH]c3ccccc23)C(=O)N[C@@H](Cc2ccc(O)cc2)C(=O)N[C@@H](CCCN)C(=O)N[C@H](C(=O)NCC(N)=O)CSCC(=O)N[C@@H](Cc2cc(F)c(F)c(F)c2)C(=O)N(C)[C@@H](Cc2ccccc2)C(=O)N1C. The number of carboxylic acids is 1. The number of likely N-dealkylation sites (N-methyl/N-ethyl adjacent to an activating group) is 3. The van der Waals surface area contributed by atoms with Crippen molar-refractivity contribution in [3.63, 3.8) is 0 Å². The number of carbonyl (C=O) groups is 17. The number of unbranched alkanes of at least 4 members (excludes halogenated alkanes) is 1. The van der Waals surface area contributed by atoms with Crippen LogP contribution in [0.4, 0.5) is 13.2 Å². The van der Waals surface area contributed by atoms with Gasteiger partial charge in [0.25, 0.3) is 0 Å². The van der Waals surface area contributed by atoms with Crippen LogP contribution in [0.25, 0.3) is 10.9 Å². The predicted octanol–water partition coefficient (Wildman–Crippen LogP) is -0.210. The number of carbonyl (C=O) groups excluding carboxylic acids is 16. The summed E-state index contributed by atoms with van der Waals surface area (Å²) in [5, 5.41) is 55.9. The number of nitrogens with zero attached hydrogens (tertiary/aromatic N) is 5. The molecule has 3 aliphatic heterocycles. The molecule has 0 spiro atoms. The zero-order chi connectivity index (χ0) is 97.9. The van der Waals surface area contributed by atoms with E-state index >= 15 is 51.9 Å². The van der Waals surface area contributed by atoms with E-state index in [-0.39, 0.29) is 82.2 Å². The minimum absolute atomic E-state index is 0.00497. The molecule has 1 aromatic heterocycles. The van der Waals surface area contributed by atoms with E-state index in [1.165, 1.54) is 59.3 Å². The zero-order valence-corrected chi connectivity index (χ0v) is 75.9. The van der Waals surface area contributed by atoms with Crippen molar-refractivity contribution in [2.24, 2.45) is 23.1 Å². The topological polar surface area (TPSA) is 569 Å². The minimum Gasteiger partial charge on any atom is -0.508 e. The summed E-state index contributed by atoms with van der Waals surface area (Å²) in [6, 6.07) is 7.84. The first kappa shape index (κ1) is 104. The number of benzene rings is 5. The number of aliphatic hydroxyl groups excluding tert-OH is 1. The number of aromatic amines is 1. The fraction of sp³-hybridized carbons (Fsp3) is 0.467. The first-order chi connectivity index (χ1) is 63.7. The van der Waals surface area contributed by atoms with Crippen LogP contribution in [0.2, 0.25) is 0 Å². The molecule has 0 aliphatic carbocycles. The lowest BCUT2D eigenvalue weighted by Gasteiger charge is -2.38. The van der Waals surface area contributed by atoms with Crippen molar-refractivity contribution in [1.29, 1.82) is 0 Å². The maximum Gasteiger partial charge on any atom is 0.305 e. The Kier molecular flexibility index (Phi) is 38.3. The number of hydrogen-bond donors (Lipinski definition) is 16. The standard InChI is InChI=1S/C92H117F3N18O20S/c1-7-8-26-70-91(132)112-35-18-27-69(112)85(126)106-66(44-77(119)120)84(125)108-79(50(2)3)92(133)110(5)71(40-51-19-11-9-12-20-51)86(127)103-63(32-33-74(97)116)89(130)113-47-57(115)43-72(113)87(128)105-65(42-55-45-99-61-24-16-15-23-58(55)61)83(124)104-64(38-53-28-30-56(114)31-29-53)82(123)102-62(25-17-34-96)81(122)107-68(80(121)100-46-75(98)117)48-134-49-76(118)101-67(39-54-36-59(93)78(95)60(94)37-54)88(129)111(6)73(90(131)109(70)4)41-52-21-13-10-14-22-52/h9-16,19-24,28-31,36-37,45,50,57,62-73,79,99,114-115H,7-8,17-18,25-27,32-35,38-44,46-49,96H2,1-6H3,(H2,97,116)(H2,98,117)(H,100,121)(H,101,118)(H,102,123)(H,103,127)(H,104,124)(H,105,128)(H,106,126)(H,107,122)(H,108,125)(H,119,120)/t57-,62+,63+,64+,65+,66+,67+,68+,69-,70+,71+,72+,73+,79+/m1/s1. The molecule has 722 valence electrons. The molecule has 42 heteroatoms. The number of phenolic OH excluding ortho intramolecular Hbond substituents is 1. The number of hydrogen-bond acceptors (Lipinski definition) is 21. The molecule has 9 rings (SSSR count). The summed E-state index contributed by atoms with van der Waals surface area (Å²) in [4.78, 5) is 258. The number of carboxylic acid groups (broad SMARTS) is 1. The van der Waals surface area contributed by atoms with E-state index in [0.717, 1.165) is 24.5 Å². The van der Waals surface area contributed by atoms with Crippen LogP contribution in [-0.2, 0) is 114 Å². The number of halogens is 3. The van der Waals surface area contributed by atoms with Gasteiger partial charge in [-0.15, -0.1) is 11.8 Å². The maximum absolute atomic E-state index is 15.7. The Morgan fingerprint density at radius 2 is 1.09 bits per heavy atom. The number of aromatic hydroxyl groups is 1. The number of amides is 16. The average molecular weight is 1880 g/mol. The van der Waals surface area contributed by atoms with Gasteiger partial charge in [0, 0.05) is 102 Å². The number of aliphatic carboxylic acids is 1. The molecule has 4 heterocycles. The van der Waals surface area contributed by atoms with Gasteiger partial charge in [-0.3, -0.25) is 81.5 Å². The number of H-pyrrole nitrogens is 1. The third kappa shape index (κ3) is 28.8. The number of rotatable bonds is 25. The normalized spacial score (nSPS) is 24.0. The molecule has 14 atom stereocenters. The number of aromatic nitrogens is 1. The molecular weight excluding hydrogens is 1770 g/mol. The van der Waals surface area contributed by atoms with Crippen molar-refractivity contribution in [3.8, 4) is 5.75 Å². The van der Waals surface area contributed by atoms with Crippen molar-refractivity contribution < 1.29 is 110 Å². The van der Waals surface area contributed by atoms with Crippen LogP contribution in [0.3, 0.4) is 0 Å². The number of nitrogens with two attached hydrogens (primary N) is 3. The second-order valence-electron chi connectivity index (χ2n) is 34.0. The van der Waals surface area contributed by atoms with Gasteiger partial charge in [-0.1, -0.05) is 125 Å². The van der Waals surface area contributed by atoms with Crippen molar-refractivity contribution in [3.05, 3.63) is 173 Å². The highest BCUT2D eigenvalue weighted by Gasteiger charge is 2.47. The van der Waals surface area contributed by atoms with Gasteiger partial charge in [0.1, 0.15) is 84.3 Å². The van der Waals surface area contributed by atoms with Crippen molar-refractivity contribution in [2.75, 3.05) is 58.8 Å². The number of fused-ring (bicyclic) bond motifs is 3. The van der Waals surface area contributed by atoms with E-state index in [1.54, 1.807) is 98.0 Å². The molecule has 3 saturated heterocycles. The zero-order valence-electron chi connectivity index (χ0n) is 75.1. The highest BCUT2D eigenvalue weighted by Crippen LogP contribution is 2.29. The largest absolute Gasteiger partial charge is 0.508 e.